The maximum Gasteiger partial charge on any atom is 4.00 e. The molecule has 0 saturated carbocycles. The van der Waals surface area contributed by atoms with Crippen molar-refractivity contribution in [3.05, 3.63) is 217 Å². The number of allylic oxidation sites excluding steroid dienone is 4. The van der Waals surface area contributed by atoms with Crippen molar-refractivity contribution in [1.82, 2.24) is 0 Å². The molecule has 7 rings (SSSR count). The molecule has 0 amide bonds. The van der Waals surface area contributed by atoms with E-state index in [0.29, 0.717) is 0 Å². The van der Waals surface area contributed by atoms with Gasteiger partial charge in [0.25, 0.3) is 0 Å². The zero-order chi connectivity index (χ0) is 36.5. The zero-order valence-electron chi connectivity index (χ0n) is 31.7. The van der Waals surface area contributed by atoms with Gasteiger partial charge in [0.2, 0.25) is 0 Å². The van der Waals surface area contributed by atoms with Crippen LogP contribution in [0.5, 0.6) is 0 Å². The Bertz CT molecular complexity index is 2080. The summed E-state index contributed by atoms with van der Waals surface area (Å²) in [6.45, 7) is 9.30. The molecule has 0 spiro atoms. The predicted molar refractivity (Wildman–Crippen MR) is 226 cm³/mol. The van der Waals surface area contributed by atoms with Crippen molar-refractivity contribution in [2.75, 3.05) is 0 Å². The van der Waals surface area contributed by atoms with E-state index < -0.39 is 8.07 Å². The Hall–Kier alpha value is -2.53. The first-order valence-corrected chi connectivity index (χ1v) is 21.0. The standard InChI is InChI=1S/C48H42Cl3Si.3ClH.Ti/c1-33-32-48(4,35(3)34(33)2)52(45-11-5-8-39(29-45)26-36-14-20-42(49)21-15-36,46-12-6-9-40(30-46)27-37-16-22-43(50)23-17-37)47-13-7-10-41(31-47)28-38-18-24-44(51)25-19-38;;;;/h5-25,29-31H,26-28H2,1-4H3;3*1H;/q-1;;;;+4/p-3. The van der Waals surface area contributed by atoms with Crippen molar-refractivity contribution in [2.24, 2.45) is 0 Å². The van der Waals surface area contributed by atoms with Crippen molar-refractivity contribution < 1.29 is 58.9 Å². The van der Waals surface area contributed by atoms with Crippen LogP contribution in [0.15, 0.2) is 162 Å². The molecule has 1 aliphatic rings. The fourth-order valence-corrected chi connectivity index (χ4v) is 14.7. The van der Waals surface area contributed by atoms with Gasteiger partial charge in [0.15, 0.2) is 0 Å². The van der Waals surface area contributed by atoms with Crippen LogP contribution in [0, 0.1) is 6.08 Å². The molecule has 6 aromatic rings. The molecule has 0 saturated heterocycles. The van der Waals surface area contributed by atoms with E-state index in [9.17, 15) is 0 Å². The zero-order valence-corrected chi connectivity index (χ0v) is 38.8. The van der Waals surface area contributed by atoms with Crippen LogP contribution in [0.2, 0.25) is 20.1 Å². The Morgan fingerprint density at radius 2 is 0.768 bits per heavy atom. The summed E-state index contributed by atoms with van der Waals surface area (Å²) in [7, 11) is -2.99. The normalized spacial score (nSPS) is 14.8. The van der Waals surface area contributed by atoms with Crippen molar-refractivity contribution in [3.8, 4) is 0 Å². The van der Waals surface area contributed by atoms with Gasteiger partial charge in [0.1, 0.15) is 8.07 Å². The summed E-state index contributed by atoms with van der Waals surface area (Å²) in [6, 6.07) is 52.9. The number of hydrogen-bond donors (Lipinski definition) is 0. The van der Waals surface area contributed by atoms with E-state index in [-0.39, 0.29) is 64.0 Å². The minimum absolute atomic E-state index is 0. The van der Waals surface area contributed by atoms with Crippen LogP contribution >= 0.6 is 34.8 Å². The first kappa shape index (κ1) is 47.8. The van der Waals surface area contributed by atoms with Crippen molar-refractivity contribution >= 4 is 58.4 Å². The molecule has 0 heterocycles. The van der Waals surface area contributed by atoms with Crippen molar-refractivity contribution in [2.45, 2.75) is 52.0 Å². The molecule has 0 aliphatic heterocycles. The fourth-order valence-electron chi connectivity index (χ4n) is 8.22. The quantitative estimate of drug-likeness (QED) is 0.113. The first-order chi connectivity index (χ1) is 25.0. The Kier molecular flexibility index (Phi) is 17.5. The third kappa shape index (κ3) is 9.83. The third-order valence-electron chi connectivity index (χ3n) is 11.1. The van der Waals surface area contributed by atoms with Gasteiger partial charge in [-0.2, -0.15) is 11.1 Å². The predicted octanol–water partition coefficient (Wildman–Crippen LogP) is 2.76. The average molecular weight is 908 g/mol. The molecule has 0 nitrogen and oxygen atoms in total. The molecule has 0 radical (unpaired) electrons. The van der Waals surface area contributed by atoms with Crippen LogP contribution in [0.4, 0.5) is 0 Å². The van der Waals surface area contributed by atoms with E-state index in [1.807, 2.05) is 36.4 Å². The van der Waals surface area contributed by atoms with Gasteiger partial charge < -0.3 is 37.2 Å². The summed E-state index contributed by atoms with van der Waals surface area (Å²) in [6.07, 6.45) is 6.63. The Labute approximate surface area is 382 Å². The third-order valence-corrected chi connectivity index (χ3v) is 17.4. The van der Waals surface area contributed by atoms with Crippen LogP contribution < -0.4 is 52.8 Å². The molecule has 1 unspecified atom stereocenters. The van der Waals surface area contributed by atoms with E-state index in [4.69, 9.17) is 34.8 Å². The van der Waals surface area contributed by atoms with Gasteiger partial charge in [-0.25, -0.2) is 5.57 Å². The summed E-state index contributed by atoms with van der Waals surface area (Å²) in [5, 5.41) is 6.04. The summed E-state index contributed by atoms with van der Waals surface area (Å²) in [4.78, 5) is 0. The monoisotopic (exact) mass is 904 g/mol. The van der Waals surface area contributed by atoms with Gasteiger partial charge in [-0.1, -0.05) is 170 Å². The molecule has 284 valence electrons. The molecule has 0 N–H and O–H groups in total. The van der Waals surface area contributed by atoms with E-state index in [0.717, 1.165) is 34.3 Å². The number of benzene rings is 6. The smallest absolute Gasteiger partial charge is 1.00 e. The summed E-state index contributed by atoms with van der Waals surface area (Å²) >= 11 is 18.8. The van der Waals surface area contributed by atoms with Crippen LogP contribution in [0.1, 0.15) is 61.1 Å². The molecule has 1 atom stereocenters. The van der Waals surface area contributed by atoms with Gasteiger partial charge in [0, 0.05) is 15.1 Å². The second-order valence-electron chi connectivity index (χ2n) is 14.4. The van der Waals surface area contributed by atoms with Crippen LogP contribution in [0.25, 0.3) is 0 Å². The van der Waals surface area contributed by atoms with E-state index in [1.54, 1.807) is 0 Å². The van der Waals surface area contributed by atoms with Crippen molar-refractivity contribution in [1.29, 1.82) is 0 Å². The Morgan fingerprint density at radius 3 is 1.04 bits per heavy atom. The minimum atomic E-state index is -2.99. The van der Waals surface area contributed by atoms with Crippen LogP contribution in [0.3, 0.4) is 0 Å². The number of halogens is 6. The molecular formula is C48H42Cl6SiTi. The van der Waals surface area contributed by atoms with Crippen LogP contribution in [-0.2, 0) is 41.0 Å². The fraction of sp³-hybridized carbons (Fsp3) is 0.167. The Morgan fingerprint density at radius 1 is 0.464 bits per heavy atom. The second-order valence-corrected chi connectivity index (χ2v) is 19.9. The topological polar surface area (TPSA) is 0 Å². The van der Waals surface area contributed by atoms with Gasteiger partial charge in [-0.15, -0.1) is 6.92 Å². The second kappa shape index (κ2) is 20.4. The van der Waals surface area contributed by atoms with E-state index >= 15 is 0 Å². The summed E-state index contributed by atoms with van der Waals surface area (Å²) in [5.74, 6) is 0. The van der Waals surface area contributed by atoms with Gasteiger partial charge in [0.05, 0.1) is 0 Å². The van der Waals surface area contributed by atoms with E-state index in [1.165, 1.54) is 65.7 Å². The van der Waals surface area contributed by atoms with Gasteiger partial charge in [-0.3, -0.25) is 6.08 Å². The molecule has 8 heteroatoms. The molecule has 0 bridgehead atoms. The SMILES string of the molecule is CC1=[C-]C(C)([Si](c2cccc(Cc3ccc(Cl)cc3)c2)(c2cccc(Cc3ccc(Cl)cc3)c2)c2cccc(Cc3ccc(Cl)cc3)c2)C(C)=C1C.[Cl-].[Cl-].[Cl-].[Ti+4]. The van der Waals surface area contributed by atoms with Gasteiger partial charge >= 0.3 is 21.7 Å². The minimum Gasteiger partial charge on any atom is -1.00 e. The largest absolute Gasteiger partial charge is 4.00 e. The molecule has 0 aromatic heterocycles. The molecular weight excluding hydrogens is 865 g/mol. The summed E-state index contributed by atoms with van der Waals surface area (Å²) in [5.41, 5.74) is 11.5. The average Bonchev–Trinajstić information content (AvgIpc) is 3.34. The van der Waals surface area contributed by atoms with Crippen LogP contribution in [-0.4, -0.2) is 8.07 Å². The summed E-state index contributed by atoms with van der Waals surface area (Å²) < 4.78 is 0. The molecule has 1 aliphatic carbocycles. The molecule has 6 aromatic carbocycles. The maximum absolute atomic E-state index is 6.28. The van der Waals surface area contributed by atoms with Crippen molar-refractivity contribution in [3.63, 3.8) is 0 Å². The number of hydrogen-bond acceptors (Lipinski definition) is 0. The maximum atomic E-state index is 6.28. The molecule has 0 fully saturated rings. The Balaban J connectivity index is 0.00000210. The first-order valence-electron chi connectivity index (χ1n) is 17.9. The number of rotatable bonds is 10. The van der Waals surface area contributed by atoms with E-state index in [2.05, 4.69) is 143 Å². The van der Waals surface area contributed by atoms with Gasteiger partial charge in [-0.05, 0) is 105 Å². The molecule has 56 heavy (non-hydrogen) atoms.